The van der Waals surface area contributed by atoms with E-state index in [1.165, 1.54) is 24.3 Å². The number of carbonyl (C=O) groups is 1. The van der Waals surface area contributed by atoms with Gasteiger partial charge in [-0.1, -0.05) is 48.5 Å². The summed E-state index contributed by atoms with van der Waals surface area (Å²) in [6, 6.07) is 22.3. The van der Waals surface area contributed by atoms with Gasteiger partial charge in [-0.3, -0.25) is 4.79 Å². The molecule has 0 aromatic heterocycles. The van der Waals surface area contributed by atoms with Crippen molar-refractivity contribution < 1.29 is 9.18 Å². The largest absolute Gasteiger partial charge is 0.383 e. The normalized spacial score (nSPS) is 16.7. The van der Waals surface area contributed by atoms with E-state index in [1.807, 2.05) is 48.5 Å². The van der Waals surface area contributed by atoms with Gasteiger partial charge in [-0.05, 0) is 30.3 Å². The van der Waals surface area contributed by atoms with Gasteiger partial charge >= 0.3 is 0 Å². The smallest absolute Gasteiger partial charge is 0.271 e. The molecule has 1 amide bonds. The van der Waals surface area contributed by atoms with Gasteiger partial charge in [0.2, 0.25) is 12.1 Å². The van der Waals surface area contributed by atoms with Crippen LogP contribution in [0.1, 0.15) is 16.7 Å². The summed E-state index contributed by atoms with van der Waals surface area (Å²) >= 11 is 0. The summed E-state index contributed by atoms with van der Waals surface area (Å²) in [6.07, 6.45) is -1.16. The maximum atomic E-state index is 13.1. The average Bonchev–Trinajstić information content (AvgIpc) is 2.91. The number of rotatable bonds is 3. The summed E-state index contributed by atoms with van der Waals surface area (Å²) in [5.74, 6) is -1.01. The Labute approximate surface area is 178 Å². The summed E-state index contributed by atoms with van der Waals surface area (Å²) in [5, 5.41) is 2.83. The van der Waals surface area contributed by atoms with Crippen LogP contribution in [-0.2, 0) is 4.79 Å². The van der Waals surface area contributed by atoms with Crippen molar-refractivity contribution >= 4 is 29.1 Å². The molecule has 1 atom stereocenters. The number of fused-ring (bicyclic) bond motifs is 1. The first kappa shape index (κ1) is 20.0. The molecule has 31 heavy (non-hydrogen) atoms. The topological polar surface area (TPSA) is 118 Å². The maximum Gasteiger partial charge on any atom is 0.271 e. The van der Waals surface area contributed by atoms with Crippen LogP contribution in [0.2, 0.25) is 0 Å². The van der Waals surface area contributed by atoms with Gasteiger partial charge in [0.05, 0.1) is 11.4 Å². The molecule has 1 unspecified atom stereocenters. The Hall–Kier alpha value is -4.33. The molecule has 154 valence electrons. The lowest BCUT2D eigenvalue weighted by Crippen LogP contribution is -2.27. The summed E-state index contributed by atoms with van der Waals surface area (Å²) in [6.45, 7) is 0. The fourth-order valence-corrected chi connectivity index (χ4v) is 3.12. The van der Waals surface area contributed by atoms with E-state index in [4.69, 9.17) is 11.5 Å². The SMILES string of the molecule is N/C(=N\C(N)=N\C1N=C(c2ccccc2)c2ccccc2NC1=O)c1ccc(F)cc1. The molecule has 0 spiro atoms. The average molecular weight is 414 g/mol. The van der Waals surface area contributed by atoms with Crippen molar-refractivity contribution in [3.05, 3.63) is 101 Å². The van der Waals surface area contributed by atoms with Gasteiger partial charge in [0.25, 0.3) is 5.91 Å². The molecular formula is C23H19FN6O. The van der Waals surface area contributed by atoms with E-state index >= 15 is 0 Å². The summed E-state index contributed by atoms with van der Waals surface area (Å²) in [4.78, 5) is 25.6. The Morgan fingerprint density at radius 1 is 0.935 bits per heavy atom. The van der Waals surface area contributed by atoms with Crippen LogP contribution in [0.3, 0.4) is 0 Å². The van der Waals surface area contributed by atoms with E-state index in [9.17, 15) is 9.18 Å². The van der Waals surface area contributed by atoms with Crippen LogP contribution >= 0.6 is 0 Å². The number of amides is 1. The molecule has 3 aromatic rings. The molecule has 0 fully saturated rings. The second-order valence-electron chi connectivity index (χ2n) is 6.74. The number of nitrogens with one attached hydrogen (secondary N) is 1. The van der Waals surface area contributed by atoms with E-state index in [2.05, 4.69) is 20.3 Å². The lowest BCUT2D eigenvalue weighted by molar-refractivity contribution is -0.117. The standard InChI is InChI=1S/C23H19FN6O/c24-16-12-10-15(11-13-16)20(25)29-23(26)30-21-22(31)27-18-9-5-4-8-17(18)19(28-21)14-6-2-1-3-7-14/h1-13,21H,(H,27,31)(H4,25,26,29,30). The zero-order chi connectivity index (χ0) is 21.8. The third kappa shape index (κ3) is 4.48. The summed E-state index contributed by atoms with van der Waals surface area (Å²) < 4.78 is 13.1. The molecule has 1 aliphatic rings. The molecule has 7 nitrogen and oxygen atoms in total. The molecule has 1 heterocycles. The number of para-hydroxylation sites is 1. The summed E-state index contributed by atoms with van der Waals surface area (Å²) in [7, 11) is 0. The van der Waals surface area contributed by atoms with Crippen molar-refractivity contribution in [3.8, 4) is 0 Å². The van der Waals surface area contributed by atoms with Crippen LogP contribution in [0, 0.1) is 5.82 Å². The van der Waals surface area contributed by atoms with Crippen LogP contribution in [-0.4, -0.2) is 29.6 Å². The molecule has 5 N–H and O–H groups in total. The van der Waals surface area contributed by atoms with E-state index < -0.39 is 17.9 Å². The van der Waals surface area contributed by atoms with E-state index in [1.54, 1.807) is 6.07 Å². The fourth-order valence-electron chi connectivity index (χ4n) is 3.12. The van der Waals surface area contributed by atoms with Crippen molar-refractivity contribution in [2.75, 3.05) is 5.32 Å². The quantitative estimate of drug-likeness (QED) is 0.452. The zero-order valence-corrected chi connectivity index (χ0v) is 16.4. The minimum absolute atomic E-state index is 0.0471. The minimum atomic E-state index is -1.16. The molecule has 0 saturated carbocycles. The van der Waals surface area contributed by atoms with Gasteiger partial charge in [-0.25, -0.2) is 14.4 Å². The second-order valence-corrected chi connectivity index (χ2v) is 6.74. The Bertz CT molecular complexity index is 1200. The van der Waals surface area contributed by atoms with Gasteiger partial charge in [-0.15, -0.1) is 0 Å². The molecular weight excluding hydrogens is 395 g/mol. The highest BCUT2D eigenvalue weighted by molar-refractivity contribution is 6.19. The van der Waals surface area contributed by atoms with Crippen LogP contribution in [0.15, 0.2) is 93.8 Å². The fraction of sp³-hybridized carbons (Fsp3) is 0.0435. The molecule has 4 rings (SSSR count). The number of benzodiazepines with no additional fused rings is 1. The number of aliphatic imine (C=N–C) groups is 3. The Balaban J connectivity index is 1.73. The number of nitrogens with two attached hydrogens (primary N) is 2. The van der Waals surface area contributed by atoms with Crippen LogP contribution in [0.25, 0.3) is 0 Å². The minimum Gasteiger partial charge on any atom is -0.383 e. The molecule has 0 saturated heterocycles. The number of anilines is 1. The Kier molecular flexibility index (Phi) is 5.53. The van der Waals surface area contributed by atoms with E-state index in [0.29, 0.717) is 17.0 Å². The van der Waals surface area contributed by atoms with Crippen LogP contribution in [0.5, 0.6) is 0 Å². The number of amidine groups is 1. The predicted octanol–water partition coefficient (Wildman–Crippen LogP) is 2.66. The van der Waals surface area contributed by atoms with E-state index in [-0.39, 0.29) is 11.8 Å². The molecule has 3 aromatic carbocycles. The monoisotopic (exact) mass is 414 g/mol. The highest BCUT2D eigenvalue weighted by atomic mass is 19.1. The zero-order valence-electron chi connectivity index (χ0n) is 16.4. The van der Waals surface area contributed by atoms with Gasteiger partial charge in [0.15, 0.2) is 0 Å². The molecule has 0 radical (unpaired) electrons. The van der Waals surface area contributed by atoms with Crippen molar-refractivity contribution in [2.45, 2.75) is 6.17 Å². The van der Waals surface area contributed by atoms with Crippen molar-refractivity contribution in [2.24, 2.45) is 26.4 Å². The van der Waals surface area contributed by atoms with Crippen LogP contribution < -0.4 is 16.8 Å². The van der Waals surface area contributed by atoms with Gasteiger partial charge in [0.1, 0.15) is 11.7 Å². The van der Waals surface area contributed by atoms with E-state index in [0.717, 1.165) is 11.1 Å². The maximum absolute atomic E-state index is 13.1. The molecule has 0 aliphatic carbocycles. The first-order valence-corrected chi connectivity index (χ1v) is 9.48. The number of hydrogen-bond donors (Lipinski definition) is 3. The van der Waals surface area contributed by atoms with Gasteiger partial charge in [-0.2, -0.15) is 4.99 Å². The number of nitrogens with zero attached hydrogens (tertiary/aromatic N) is 3. The lowest BCUT2D eigenvalue weighted by atomic mass is 10.0. The third-order valence-electron chi connectivity index (χ3n) is 4.60. The number of guanidine groups is 1. The lowest BCUT2D eigenvalue weighted by Gasteiger charge is -2.09. The highest BCUT2D eigenvalue weighted by Crippen LogP contribution is 2.24. The third-order valence-corrected chi connectivity index (χ3v) is 4.60. The molecule has 1 aliphatic heterocycles. The van der Waals surface area contributed by atoms with Crippen molar-refractivity contribution in [1.82, 2.24) is 0 Å². The number of hydrogen-bond acceptors (Lipinski definition) is 3. The van der Waals surface area contributed by atoms with Crippen LogP contribution in [0.4, 0.5) is 10.1 Å². The Morgan fingerprint density at radius 2 is 1.61 bits per heavy atom. The second kappa shape index (κ2) is 8.58. The number of benzene rings is 3. The van der Waals surface area contributed by atoms with Gasteiger partial charge < -0.3 is 16.8 Å². The number of carbonyl (C=O) groups excluding carboxylic acids is 1. The predicted molar refractivity (Wildman–Crippen MR) is 120 cm³/mol. The Morgan fingerprint density at radius 3 is 2.35 bits per heavy atom. The number of halogens is 1. The highest BCUT2D eigenvalue weighted by Gasteiger charge is 2.25. The first-order chi connectivity index (χ1) is 15.0. The van der Waals surface area contributed by atoms with Crippen molar-refractivity contribution in [3.63, 3.8) is 0 Å². The van der Waals surface area contributed by atoms with Gasteiger partial charge in [0, 0.05) is 16.7 Å². The molecule has 8 heteroatoms. The first-order valence-electron chi connectivity index (χ1n) is 9.48. The van der Waals surface area contributed by atoms with Crippen molar-refractivity contribution in [1.29, 1.82) is 0 Å². The summed E-state index contributed by atoms with van der Waals surface area (Å²) in [5.41, 5.74) is 15.2. The molecule has 0 bridgehead atoms.